The molecule has 0 aromatic rings. The second kappa shape index (κ2) is 3.94. The highest BCUT2D eigenvalue weighted by Crippen LogP contribution is 2.45. The van der Waals surface area contributed by atoms with Gasteiger partial charge in [0.1, 0.15) is 5.60 Å². The lowest BCUT2D eigenvalue weighted by atomic mass is 9.76. The number of carbonyl (C=O) groups is 1. The molecule has 1 atom stereocenters. The summed E-state index contributed by atoms with van der Waals surface area (Å²) in [5.41, 5.74) is -0.428. The summed E-state index contributed by atoms with van der Waals surface area (Å²) in [7, 11) is 0. The predicted octanol–water partition coefficient (Wildman–Crippen LogP) is 3.48. The van der Waals surface area contributed by atoms with E-state index in [1.54, 1.807) is 0 Å². The maximum absolute atomic E-state index is 11.8. The van der Waals surface area contributed by atoms with Gasteiger partial charge in [-0.1, -0.05) is 20.3 Å². The van der Waals surface area contributed by atoms with Crippen LogP contribution < -0.4 is 5.32 Å². The van der Waals surface area contributed by atoms with Crippen molar-refractivity contribution >= 4 is 6.09 Å². The molecule has 1 aliphatic rings. The smallest absolute Gasteiger partial charge is 0.408 e. The van der Waals surface area contributed by atoms with E-state index in [4.69, 9.17) is 4.74 Å². The average Bonchev–Trinajstić information content (AvgIpc) is 2.21. The Morgan fingerprint density at radius 2 is 1.75 bits per heavy atom. The van der Waals surface area contributed by atoms with E-state index in [0.717, 1.165) is 12.8 Å². The highest BCUT2D eigenvalue weighted by molar-refractivity contribution is 5.69. The van der Waals surface area contributed by atoms with Crippen LogP contribution in [0.5, 0.6) is 0 Å². The fourth-order valence-corrected chi connectivity index (χ4v) is 2.26. The molecule has 16 heavy (non-hydrogen) atoms. The zero-order chi connectivity index (χ0) is 12.6. The van der Waals surface area contributed by atoms with Gasteiger partial charge in [-0.05, 0) is 46.0 Å². The van der Waals surface area contributed by atoms with Crippen LogP contribution in [0.4, 0.5) is 4.79 Å². The lowest BCUT2D eigenvalue weighted by Crippen LogP contribution is -2.53. The zero-order valence-corrected chi connectivity index (χ0v) is 11.4. The number of rotatable bonds is 1. The third-order valence-corrected chi connectivity index (χ3v) is 3.75. The van der Waals surface area contributed by atoms with E-state index in [1.165, 1.54) is 6.42 Å². The van der Waals surface area contributed by atoms with Gasteiger partial charge in [-0.15, -0.1) is 0 Å². The summed E-state index contributed by atoms with van der Waals surface area (Å²) in [6.07, 6.45) is 3.04. The van der Waals surface area contributed by atoms with Crippen molar-refractivity contribution in [1.82, 2.24) is 5.32 Å². The largest absolute Gasteiger partial charge is 0.444 e. The monoisotopic (exact) mass is 227 g/mol. The third-order valence-electron chi connectivity index (χ3n) is 3.75. The second-order valence-electron chi connectivity index (χ2n) is 6.70. The van der Waals surface area contributed by atoms with Crippen molar-refractivity contribution in [3.05, 3.63) is 0 Å². The molecule has 1 unspecified atom stereocenters. The van der Waals surface area contributed by atoms with E-state index in [2.05, 4.69) is 26.1 Å². The molecule has 0 radical (unpaired) electrons. The van der Waals surface area contributed by atoms with Crippen molar-refractivity contribution in [2.24, 2.45) is 5.41 Å². The summed E-state index contributed by atoms with van der Waals surface area (Å²) in [6.45, 7) is 12.2. The van der Waals surface area contributed by atoms with Crippen LogP contribution in [-0.4, -0.2) is 17.2 Å². The number of amides is 1. The molecule has 1 aliphatic carbocycles. The Balaban J connectivity index is 2.63. The number of alkyl carbamates (subject to hydrolysis) is 1. The van der Waals surface area contributed by atoms with E-state index in [0.29, 0.717) is 0 Å². The standard InChI is InChI=1S/C13H25NO2/c1-11(2,3)16-10(15)14-13(6)9-7-8-12(13,4)5/h7-9H2,1-6H3,(H,14,15). The van der Waals surface area contributed by atoms with Crippen molar-refractivity contribution in [3.63, 3.8) is 0 Å². The van der Waals surface area contributed by atoms with Crippen molar-refractivity contribution < 1.29 is 9.53 Å². The van der Waals surface area contributed by atoms with Crippen molar-refractivity contribution in [2.45, 2.75) is 71.9 Å². The normalized spacial score (nSPS) is 28.9. The van der Waals surface area contributed by atoms with Gasteiger partial charge in [0, 0.05) is 5.54 Å². The van der Waals surface area contributed by atoms with Crippen LogP contribution in [0.1, 0.15) is 60.8 Å². The number of carbonyl (C=O) groups excluding carboxylic acids is 1. The quantitative estimate of drug-likeness (QED) is 0.744. The van der Waals surface area contributed by atoms with Crippen molar-refractivity contribution in [3.8, 4) is 0 Å². The SMILES string of the molecule is CC(C)(C)OC(=O)NC1(C)CCCC1(C)C. The molecule has 1 saturated carbocycles. The summed E-state index contributed by atoms with van der Waals surface area (Å²) < 4.78 is 5.31. The highest BCUT2D eigenvalue weighted by atomic mass is 16.6. The van der Waals surface area contributed by atoms with E-state index in [-0.39, 0.29) is 17.0 Å². The molecule has 0 aromatic carbocycles. The molecular weight excluding hydrogens is 202 g/mol. The number of nitrogens with one attached hydrogen (secondary N) is 1. The fraction of sp³-hybridized carbons (Fsp3) is 0.923. The van der Waals surface area contributed by atoms with E-state index < -0.39 is 5.60 Å². The molecule has 0 saturated heterocycles. The first kappa shape index (κ1) is 13.3. The van der Waals surface area contributed by atoms with Gasteiger partial charge in [-0.3, -0.25) is 0 Å². The predicted molar refractivity (Wildman–Crippen MR) is 65.4 cm³/mol. The molecule has 94 valence electrons. The Morgan fingerprint density at radius 3 is 2.12 bits per heavy atom. The maximum atomic E-state index is 11.8. The van der Waals surface area contributed by atoms with Crippen LogP contribution in [0.15, 0.2) is 0 Å². The van der Waals surface area contributed by atoms with Gasteiger partial charge in [-0.2, -0.15) is 0 Å². The lowest BCUT2D eigenvalue weighted by molar-refractivity contribution is 0.0388. The Morgan fingerprint density at radius 1 is 1.19 bits per heavy atom. The minimum absolute atomic E-state index is 0.143. The first-order valence-electron chi connectivity index (χ1n) is 6.07. The molecule has 1 amide bonds. The first-order valence-corrected chi connectivity index (χ1v) is 6.07. The second-order valence-corrected chi connectivity index (χ2v) is 6.70. The third kappa shape index (κ3) is 2.89. The topological polar surface area (TPSA) is 38.3 Å². The molecule has 0 spiro atoms. The summed E-state index contributed by atoms with van der Waals surface area (Å²) in [4.78, 5) is 11.8. The molecule has 1 N–H and O–H groups in total. The summed E-state index contributed by atoms with van der Waals surface area (Å²) in [5.74, 6) is 0. The molecule has 0 aliphatic heterocycles. The lowest BCUT2D eigenvalue weighted by Gasteiger charge is -2.39. The highest BCUT2D eigenvalue weighted by Gasteiger charge is 2.46. The molecular formula is C13H25NO2. The number of hydrogen-bond donors (Lipinski definition) is 1. The molecule has 0 bridgehead atoms. The first-order chi connectivity index (χ1) is 7.06. The van der Waals surface area contributed by atoms with E-state index >= 15 is 0 Å². The van der Waals surface area contributed by atoms with Crippen molar-refractivity contribution in [2.75, 3.05) is 0 Å². The summed E-state index contributed by atoms with van der Waals surface area (Å²) in [5, 5.41) is 3.04. The molecule has 1 rings (SSSR count). The fourth-order valence-electron chi connectivity index (χ4n) is 2.26. The van der Waals surface area contributed by atoms with Crippen molar-refractivity contribution in [1.29, 1.82) is 0 Å². The molecule has 3 heteroatoms. The van der Waals surface area contributed by atoms with Crippen LogP contribution >= 0.6 is 0 Å². The molecule has 3 nitrogen and oxygen atoms in total. The van der Waals surface area contributed by atoms with Gasteiger partial charge in [0.25, 0.3) is 0 Å². The van der Waals surface area contributed by atoms with E-state index in [9.17, 15) is 4.79 Å². The van der Waals surface area contributed by atoms with Crippen LogP contribution in [0.2, 0.25) is 0 Å². The zero-order valence-electron chi connectivity index (χ0n) is 11.4. The van der Waals surface area contributed by atoms with Gasteiger partial charge in [0.15, 0.2) is 0 Å². The van der Waals surface area contributed by atoms with Crippen LogP contribution in [0, 0.1) is 5.41 Å². The Hall–Kier alpha value is -0.730. The minimum Gasteiger partial charge on any atom is -0.444 e. The minimum atomic E-state index is -0.427. The molecule has 1 fully saturated rings. The van der Waals surface area contributed by atoms with Crippen LogP contribution in [0.3, 0.4) is 0 Å². The molecule has 0 aromatic heterocycles. The summed E-state index contributed by atoms with van der Waals surface area (Å²) in [6, 6.07) is 0. The van der Waals surface area contributed by atoms with Crippen LogP contribution in [0.25, 0.3) is 0 Å². The Kier molecular flexibility index (Phi) is 3.28. The number of hydrogen-bond acceptors (Lipinski definition) is 2. The van der Waals surface area contributed by atoms with Gasteiger partial charge < -0.3 is 10.1 Å². The van der Waals surface area contributed by atoms with Gasteiger partial charge in [-0.25, -0.2) is 4.79 Å². The van der Waals surface area contributed by atoms with Gasteiger partial charge in [0.05, 0.1) is 0 Å². The van der Waals surface area contributed by atoms with Crippen LogP contribution in [-0.2, 0) is 4.74 Å². The van der Waals surface area contributed by atoms with Gasteiger partial charge in [0.2, 0.25) is 0 Å². The maximum Gasteiger partial charge on any atom is 0.408 e. The Labute approximate surface area is 98.9 Å². The van der Waals surface area contributed by atoms with E-state index in [1.807, 2.05) is 20.8 Å². The molecule has 0 heterocycles. The van der Waals surface area contributed by atoms with Gasteiger partial charge >= 0.3 is 6.09 Å². The average molecular weight is 227 g/mol. The Bertz CT molecular complexity index is 278. The number of ether oxygens (including phenoxy) is 1. The summed E-state index contributed by atoms with van der Waals surface area (Å²) >= 11 is 0.